The second-order valence-electron chi connectivity index (χ2n) is 9.11. The van der Waals surface area contributed by atoms with Gasteiger partial charge in [-0.2, -0.15) is 0 Å². The first-order valence-electron chi connectivity index (χ1n) is 11.5. The van der Waals surface area contributed by atoms with E-state index in [0.29, 0.717) is 42.5 Å². The Bertz CT molecular complexity index is 1240. The van der Waals surface area contributed by atoms with Crippen LogP contribution in [0.5, 0.6) is 11.5 Å². The van der Waals surface area contributed by atoms with Crippen LogP contribution in [0.25, 0.3) is 11.3 Å². The maximum Gasteiger partial charge on any atom is 0.407 e. The molecule has 4 rings (SSSR count). The predicted octanol–water partition coefficient (Wildman–Crippen LogP) is 3.87. The van der Waals surface area contributed by atoms with Crippen LogP contribution in [0.1, 0.15) is 29.9 Å². The number of carbonyl (C=O) groups is 2. The zero-order valence-corrected chi connectivity index (χ0v) is 20.8. The third kappa shape index (κ3) is 5.07. The molecule has 10 nitrogen and oxygen atoms in total. The highest BCUT2D eigenvalue weighted by atomic mass is 16.5. The van der Waals surface area contributed by atoms with Crippen LogP contribution in [0.4, 0.5) is 10.5 Å². The zero-order chi connectivity index (χ0) is 25.9. The number of nitrogens with zero attached hydrogens (tertiary/aromatic N) is 3. The number of rotatable bonds is 7. The number of anilines is 1. The Labute approximate surface area is 209 Å². The number of carboxylic acid groups (broad SMARTS) is 1. The monoisotopic (exact) mass is 494 g/mol. The van der Waals surface area contributed by atoms with Crippen LogP contribution in [-0.4, -0.2) is 66.4 Å². The van der Waals surface area contributed by atoms with Gasteiger partial charge in [0.25, 0.3) is 5.91 Å². The quantitative estimate of drug-likeness (QED) is 0.508. The number of aromatic nitrogens is 1. The van der Waals surface area contributed by atoms with E-state index in [9.17, 15) is 14.7 Å². The molecule has 1 saturated heterocycles. The minimum atomic E-state index is -0.906. The van der Waals surface area contributed by atoms with Crippen LogP contribution in [0.3, 0.4) is 0 Å². The highest BCUT2D eigenvalue weighted by Gasteiger charge is 2.36. The van der Waals surface area contributed by atoms with Crippen LogP contribution in [0.15, 0.2) is 53.3 Å². The summed E-state index contributed by atoms with van der Waals surface area (Å²) in [6, 6.07) is 13.0. The molecule has 2 amide bonds. The fourth-order valence-electron chi connectivity index (χ4n) is 4.42. The van der Waals surface area contributed by atoms with Crippen molar-refractivity contribution in [2.75, 3.05) is 38.8 Å². The minimum absolute atomic E-state index is 0.187. The first-order chi connectivity index (χ1) is 17.2. The van der Waals surface area contributed by atoms with Gasteiger partial charge < -0.3 is 29.2 Å². The van der Waals surface area contributed by atoms with Gasteiger partial charge in [0.1, 0.15) is 11.5 Å². The first-order valence-corrected chi connectivity index (χ1v) is 11.5. The number of carbonyl (C=O) groups excluding carboxylic acids is 1. The van der Waals surface area contributed by atoms with Crippen molar-refractivity contribution in [1.29, 1.82) is 0 Å². The van der Waals surface area contributed by atoms with Gasteiger partial charge in [-0.05, 0) is 50.2 Å². The number of oxazole rings is 1. The van der Waals surface area contributed by atoms with Crippen LogP contribution >= 0.6 is 0 Å². The summed E-state index contributed by atoms with van der Waals surface area (Å²) in [7, 11) is 3.14. The topological polar surface area (TPSA) is 117 Å². The van der Waals surface area contributed by atoms with Gasteiger partial charge >= 0.3 is 6.09 Å². The lowest BCUT2D eigenvalue weighted by Crippen LogP contribution is -2.60. The summed E-state index contributed by atoms with van der Waals surface area (Å²) in [5.74, 6) is 1.28. The summed E-state index contributed by atoms with van der Waals surface area (Å²) in [5.41, 5.74) is 2.16. The summed E-state index contributed by atoms with van der Waals surface area (Å²) in [5, 5.41) is 12.3. The summed E-state index contributed by atoms with van der Waals surface area (Å²) in [6.45, 7) is 5.68. The van der Waals surface area contributed by atoms with E-state index in [1.807, 2.05) is 44.2 Å². The number of ether oxygens (including phenoxy) is 2. The van der Waals surface area contributed by atoms with Gasteiger partial charge in [0.15, 0.2) is 17.8 Å². The molecular weight excluding hydrogens is 464 g/mol. The lowest BCUT2D eigenvalue weighted by atomic mass is 9.98. The molecule has 2 heterocycles. The largest absolute Gasteiger partial charge is 0.497 e. The molecule has 1 aromatic heterocycles. The maximum atomic E-state index is 12.9. The van der Waals surface area contributed by atoms with Gasteiger partial charge in [0.05, 0.1) is 19.8 Å². The Morgan fingerprint density at radius 2 is 1.86 bits per heavy atom. The smallest absolute Gasteiger partial charge is 0.407 e. The molecule has 1 aliphatic heterocycles. The Balaban J connectivity index is 1.45. The summed E-state index contributed by atoms with van der Waals surface area (Å²) in [6.07, 6.45) is 0.344. The first kappa shape index (κ1) is 24.9. The van der Waals surface area contributed by atoms with Crippen molar-refractivity contribution in [3.05, 3.63) is 60.1 Å². The molecule has 2 aromatic carbocycles. The Kier molecular flexibility index (Phi) is 7.05. The van der Waals surface area contributed by atoms with E-state index >= 15 is 0 Å². The standard InChI is InChI=1S/C26H30N4O6/c1-26(2)15-29(11-12-30(26)25(32)33)19-8-5-17(6-9-19)23-22(28-16-36-23)24(31)27-14-18-7-10-20(34-3)13-21(18)35-4/h5-10,13,16H,11-12,14-15H2,1-4H3,(H,27,31)(H,32,33). The fourth-order valence-corrected chi connectivity index (χ4v) is 4.42. The van der Waals surface area contributed by atoms with E-state index in [0.717, 1.165) is 11.3 Å². The lowest BCUT2D eigenvalue weighted by molar-refractivity contribution is 0.0844. The molecule has 0 saturated carbocycles. The van der Waals surface area contributed by atoms with E-state index in [-0.39, 0.29) is 18.1 Å². The van der Waals surface area contributed by atoms with Crippen molar-refractivity contribution in [1.82, 2.24) is 15.2 Å². The van der Waals surface area contributed by atoms with Crippen LogP contribution < -0.4 is 19.7 Å². The number of benzene rings is 2. The van der Waals surface area contributed by atoms with Crippen molar-refractivity contribution >= 4 is 17.7 Å². The van der Waals surface area contributed by atoms with Crippen LogP contribution in [-0.2, 0) is 6.54 Å². The maximum absolute atomic E-state index is 12.9. The molecule has 0 radical (unpaired) electrons. The highest BCUT2D eigenvalue weighted by molar-refractivity contribution is 5.97. The molecule has 1 aliphatic rings. The Hall–Kier alpha value is -4.21. The minimum Gasteiger partial charge on any atom is -0.497 e. The van der Waals surface area contributed by atoms with E-state index in [2.05, 4.69) is 15.2 Å². The van der Waals surface area contributed by atoms with Crippen molar-refractivity contribution in [2.24, 2.45) is 0 Å². The Morgan fingerprint density at radius 1 is 1.11 bits per heavy atom. The average molecular weight is 495 g/mol. The average Bonchev–Trinajstić information content (AvgIpc) is 3.36. The van der Waals surface area contributed by atoms with E-state index in [1.54, 1.807) is 26.4 Å². The van der Waals surface area contributed by atoms with E-state index < -0.39 is 11.6 Å². The van der Waals surface area contributed by atoms with E-state index in [1.165, 1.54) is 11.3 Å². The van der Waals surface area contributed by atoms with Crippen molar-refractivity contribution in [3.8, 4) is 22.8 Å². The molecule has 0 unspecified atom stereocenters. The molecule has 0 atom stereocenters. The summed E-state index contributed by atoms with van der Waals surface area (Å²) < 4.78 is 16.2. The van der Waals surface area contributed by atoms with Crippen LogP contribution in [0, 0.1) is 0 Å². The predicted molar refractivity (Wildman–Crippen MR) is 134 cm³/mol. The molecule has 36 heavy (non-hydrogen) atoms. The molecule has 0 aliphatic carbocycles. The van der Waals surface area contributed by atoms with Gasteiger partial charge in [-0.15, -0.1) is 0 Å². The fraction of sp³-hybridized carbons (Fsp3) is 0.346. The van der Waals surface area contributed by atoms with Gasteiger partial charge in [-0.3, -0.25) is 9.69 Å². The van der Waals surface area contributed by atoms with Crippen molar-refractivity contribution in [2.45, 2.75) is 25.9 Å². The lowest BCUT2D eigenvalue weighted by Gasteiger charge is -2.46. The molecule has 10 heteroatoms. The van der Waals surface area contributed by atoms with Gasteiger partial charge in [0, 0.05) is 49.1 Å². The van der Waals surface area contributed by atoms with Crippen molar-refractivity contribution < 1.29 is 28.6 Å². The third-order valence-corrected chi connectivity index (χ3v) is 6.34. The summed E-state index contributed by atoms with van der Waals surface area (Å²) >= 11 is 0. The molecule has 0 spiro atoms. The van der Waals surface area contributed by atoms with Gasteiger partial charge in [0.2, 0.25) is 0 Å². The number of nitrogens with one attached hydrogen (secondary N) is 1. The molecule has 2 N–H and O–H groups in total. The normalized spacial score (nSPS) is 14.9. The van der Waals surface area contributed by atoms with E-state index in [4.69, 9.17) is 13.9 Å². The molecule has 1 fully saturated rings. The number of hydrogen-bond acceptors (Lipinski definition) is 7. The molecule has 190 valence electrons. The second-order valence-corrected chi connectivity index (χ2v) is 9.11. The van der Waals surface area contributed by atoms with Gasteiger partial charge in [-0.25, -0.2) is 9.78 Å². The van der Waals surface area contributed by atoms with Crippen molar-refractivity contribution in [3.63, 3.8) is 0 Å². The number of piperazine rings is 1. The highest BCUT2D eigenvalue weighted by Crippen LogP contribution is 2.30. The second kappa shape index (κ2) is 10.2. The molecule has 3 aromatic rings. The molecule has 0 bridgehead atoms. The number of methoxy groups -OCH3 is 2. The summed E-state index contributed by atoms with van der Waals surface area (Å²) in [4.78, 5) is 32.2. The SMILES string of the molecule is COc1ccc(CNC(=O)c2ncoc2-c2ccc(N3CCN(C(=O)O)C(C)(C)C3)cc2)c(OC)c1. The third-order valence-electron chi connectivity index (χ3n) is 6.34. The molecular formula is C26H30N4O6. The van der Waals surface area contributed by atoms with Gasteiger partial charge in [-0.1, -0.05) is 0 Å². The van der Waals surface area contributed by atoms with Crippen LogP contribution in [0.2, 0.25) is 0 Å². The number of amides is 2. The zero-order valence-electron chi connectivity index (χ0n) is 20.8. The Morgan fingerprint density at radius 3 is 2.50 bits per heavy atom. The number of hydrogen-bond donors (Lipinski definition) is 2.